The van der Waals surface area contributed by atoms with E-state index in [-0.39, 0.29) is 6.04 Å². The van der Waals surface area contributed by atoms with Crippen LogP contribution in [0.1, 0.15) is 18.5 Å². The molecule has 2 nitrogen and oxygen atoms in total. The summed E-state index contributed by atoms with van der Waals surface area (Å²) in [7, 11) is 0. The van der Waals surface area contributed by atoms with E-state index in [4.69, 9.17) is 39.5 Å². The molecule has 1 atom stereocenters. The van der Waals surface area contributed by atoms with Gasteiger partial charge in [0.25, 0.3) is 0 Å². The quantitative estimate of drug-likeness (QED) is 0.638. The number of rotatable bonds is 6. The van der Waals surface area contributed by atoms with Gasteiger partial charge in [-0.2, -0.15) is 0 Å². The summed E-state index contributed by atoms with van der Waals surface area (Å²) in [6, 6.07) is 9.29. The van der Waals surface area contributed by atoms with Crippen LogP contribution in [0.3, 0.4) is 0 Å². The minimum absolute atomic E-state index is 0.339. The van der Waals surface area contributed by atoms with E-state index in [9.17, 15) is 0 Å². The van der Waals surface area contributed by atoms with Gasteiger partial charge in [0.05, 0.1) is 12.6 Å². The Morgan fingerprint density at radius 1 is 1.24 bits per heavy atom. The predicted molar refractivity (Wildman–Crippen MR) is 74.0 cm³/mol. The fourth-order valence-electron chi connectivity index (χ4n) is 1.49. The zero-order valence-corrected chi connectivity index (χ0v) is 11.9. The van der Waals surface area contributed by atoms with Gasteiger partial charge in [0.1, 0.15) is 0 Å². The van der Waals surface area contributed by atoms with Crippen LogP contribution in [0.25, 0.3) is 0 Å². The number of nitrogens with one attached hydrogen (secondary N) is 1. The number of alkyl halides is 3. The standard InChI is InChI=1S/C12H16Cl3NO/c1-2-17-9-8-16-11(12(13,14)15)10-6-4-3-5-7-10/h3-7,11,16H,2,8-9H2,1H3. The molecule has 1 aromatic rings. The summed E-state index contributed by atoms with van der Waals surface area (Å²) in [6.45, 7) is 3.87. The van der Waals surface area contributed by atoms with E-state index in [1.807, 2.05) is 37.3 Å². The third kappa shape index (κ3) is 5.45. The van der Waals surface area contributed by atoms with Crippen molar-refractivity contribution < 1.29 is 4.74 Å². The molecule has 0 saturated heterocycles. The zero-order valence-electron chi connectivity index (χ0n) is 9.63. The van der Waals surface area contributed by atoms with Crippen LogP contribution < -0.4 is 5.32 Å². The highest BCUT2D eigenvalue weighted by atomic mass is 35.6. The Morgan fingerprint density at radius 2 is 1.88 bits per heavy atom. The van der Waals surface area contributed by atoms with Crippen LogP contribution in [0.2, 0.25) is 0 Å². The van der Waals surface area contributed by atoms with Crippen molar-refractivity contribution in [1.29, 1.82) is 0 Å². The Bertz CT molecular complexity index is 313. The summed E-state index contributed by atoms with van der Waals surface area (Å²) >= 11 is 17.9. The van der Waals surface area contributed by atoms with E-state index >= 15 is 0 Å². The Hall–Kier alpha value is 0.01000. The molecule has 0 aliphatic rings. The van der Waals surface area contributed by atoms with E-state index in [0.29, 0.717) is 19.8 Å². The Morgan fingerprint density at radius 3 is 2.41 bits per heavy atom. The highest BCUT2D eigenvalue weighted by Crippen LogP contribution is 2.39. The molecule has 0 aromatic heterocycles. The summed E-state index contributed by atoms with van der Waals surface area (Å²) in [4.78, 5) is 0. The fraction of sp³-hybridized carbons (Fsp3) is 0.500. The summed E-state index contributed by atoms with van der Waals surface area (Å²) < 4.78 is 3.86. The molecule has 1 aromatic carbocycles. The SMILES string of the molecule is CCOCCNC(c1ccccc1)C(Cl)(Cl)Cl. The van der Waals surface area contributed by atoms with Crippen LogP contribution in [0.4, 0.5) is 0 Å². The lowest BCUT2D eigenvalue weighted by molar-refractivity contribution is 0.147. The molecular formula is C12H16Cl3NO. The second-order valence-corrected chi connectivity index (χ2v) is 5.91. The lowest BCUT2D eigenvalue weighted by Gasteiger charge is -2.26. The van der Waals surface area contributed by atoms with Crippen molar-refractivity contribution in [2.45, 2.75) is 16.8 Å². The summed E-state index contributed by atoms with van der Waals surface area (Å²) in [6.07, 6.45) is 0. The molecule has 0 heterocycles. The molecule has 0 fully saturated rings. The molecule has 1 N–H and O–H groups in total. The van der Waals surface area contributed by atoms with E-state index in [1.165, 1.54) is 0 Å². The van der Waals surface area contributed by atoms with E-state index in [2.05, 4.69) is 5.32 Å². The van der Waals surface area contributed by atoms with Gasteiger partial charge < -0.3 is 10.1 Å². The monoisotopic (exact) mass is 295 g/mol. The first kappa shape index (κ1) is 15.1. The number of ether oxygens (including phenoxy) is 1. The van der Waals surface area contributed by atoms with Crippen molar-refractivity contribution in [3.8, 4) is 0 Å². The van der Waals surface area contributed by atoms with E-state index in [1.54, 1.807) is 0 Å². The van der Waals surface area contributed by atoms with E-state index < -0.39 is 3.79 Å². The van der Waals surface area contributed by atoms with Gasteiger partial charge in [-0.1, -0.05) is 65.1 Å². The van der Waals surface area contributed by atoms with Crippen molar-refractivity contribution in [3.05, 3.63) is 35.9 Å². The molecule has 5 heteroatoms. The topological polar surface area (TPSA) is 21.3 Å². The smallest absolute Gasteiger partial charge is 0.209 e. The maximum Gasteiger partial charge on any atom is 0.209 e. The normalized spacial score (nSPS) is 13.6. The van der Waals surface area contributed by atoms with Gasteiger partial charge in [-0.15, -0.1) is 0 Å². The largest absolute Gasteiger partial charge is 0.380 e. The van der Waals surface area contributed by atoms with Crippen molar-refractivity contribution in [2.24, 2.45) is 0 Å². The number of hydrogen-bond acceptors (Lipinski definition) is 2. The fourth-order valence-corrected chi connectivity index (χ4v) is 2.10. The molecule has 0 aliphatic heterocycles. The van der Waals surface area contributed by atoms with E-state index in [0.717, 1.165) is 5.56 Å². The van der Waals surface area contributed by atoms with Gasteiger partial charge in [0, 0.05) is 13.2 Å². The van der Waals surface area contributed by atoms with Crippen LogP contribution in [0.5, 0.6) is 0 Å². The molecule has 1 rings (SSSR count). The number of benzene rings is 1. The first-order chi connectivity index (χ1) is 8.05. The molecule has 0 spiro atoms. The average molecular weight is 297 g/mol. The van der Waals surface area contributed by atoms with Crippen LogP contribution in [0, 0.1) is 0 Å². The van der Waals surface area contributed by atoms with Crippen molar-refractivity contribution in [1.82, 2.24) is 5.32 Å². The second kappa shape index (κ2) is 7.45. The third-order valence-electron chi connectivity index (χ3n) is 2.26. The van der Waals surface area contributed by atoms with Gasteiger partial charge in [-0.3, -0.25) is 0 Å². The summed E-state index contributed by atoms with van der Waals surface area (Å²) in [5.74, 6) is 0. The molecule has 0 bridgehead atoms. The molecule has 17 heavy (non-hydrogen) atoms. The lowest BCUT2D eigenvalue weighted by atomic mass is 10.1. The van der Waals surface area contributed by atoms with Crippen LogP contribution >= 0.6 is 34.8 Å². The van der Waals surface area contributed by atoms with Crippen molar-refractivity contribution in [2.75, 3.05) is 19.8 Å². The minimum atomic E-state index is -1.38. The molecular weight excluding hydrogens is 280 g/mol. The van der Waals surface area contributed by atoms with Crippen molar-refractivity contribution in [3.63, 3.8) is 0 Å². The maximum atomic E-state index is 5.97. The van der Waals surface area contributed by atoms with Crippen LogP contribution in [-0.2, 0) is 4.74 Å². The molecule has 1 unspecified atom stereocenters. The third-order valence-corrected chi connectivity index (χ3v) is 2.91. The van der Waals surface area contributed by atoms with Gasteiger partial charge in [0.2, 0.25) is 3.79 Å². The zero-order chi connectivity index (χ0) is 12.7. The highest BCUT2D eigenvalue weighted by molar-refractivity contribution is 6.68. The van der Waals surface area contributed by atoms with Crippen LogP contribution in [0.15, 0.2) is 30.3 Å². The van der Waals surface area contributed by atoms with Gasteiger partial charge >= 0.3 is 0 Å². The Labute approximate surface area is 117 Å². The lowest BCUT2D eigenvalue weighted by Crippen LogP contribution is -2.34. The number of halogens is 3. The maximum absolute atomic E-state index is 5.97. The van der Waals surface area contributed by atoms with Gasteiger partial charge in [-0.05, 0) is 12.5 Å². The van der Waals surface area contributed by atoms with Crippen LogP contribution in [-0.4, -0.2) is 23.6 Å². The van der Waals surface area contributed by atoms with Gasteiger partial charge in [0.15, 0.2) is 0 Å². The molecule has 0 saturated carbocycles. The average Bonchev–Trinajstić information content (AvgIpc) is 2.28. The minimum Gasteiger partial charge on any atom is -0.380 e. The highest BCUT2D eigenvalue weighted by Gasteiger charge is 2.33. The van der Waals surface area contributed by atoms with Crippen molar-refractivity contribution >= 4 is 34.8 Å². The Kier molecular flexibility index (Phi) is 6.60. The first-order valence-electron chi connectivity index (χ1n) is 5.48. The summed E-state index contributed by atoms with van der Waals surface area (Å²) in [5, 5.41) is 3.19. The molecule has 0 amide bonds. The predicted octanol–water partition coefficient (Wildman–Crippen LogP) is 3.72. The Balaban J connectivity index is 2.63. The van der Waals surface area contributed by atoms with Gasteiger partial charge in [-0.25, -0.2) is 0 Å². The first-order valence-corrected chi connectivity index (χ1v) is 6.62. The molecule has 0 radical (unpaired) electrons. The second-order valence-electron chi connectivity index (χ2n) is 3.54. The number of hydrogen-bond donors (Lipinski definition) is 1. The molecule has 96 valence electrons. The molecule has 0 aliphatic carbocycles. The summed E-state index contributed by atoms with van der Waals surface area (Å²) in [5.41, 5.74) is 0.948.